The molecule has 5 heteroatoms. The van der Waals surface area contributed by atoms with Gasteiger partial charge in [-0.2, -0.15) is 0 Å². The average molecular weight is 241 g/mol. The average Bonchev–Trinajstić information content (AvgIpc) is 2.74. The zero-order valence-electron chi connectivity index (χ0n) is 9.32. The molecule has 0 saturated carbocycles. The molecule has 1 aromatic heterocycles. The number of aliphatic hydroxyl groups excluding tert-OH is 1. The van der Waals surface area contributed by atoms with Crippen molar-refractivity contribution in [2.75, 3.05) is 6.61 Å². The highest BCUT2D eigenvalue weighted by molar-refractivity contribution is 7.12. The van der Waals surface area contributed by atoms with Crippen molar-refractivity contribution < 1.29 is 14.7 Å². The number of rotatable bonds is 5. The molecule has 0 saturated heterocycles. The van der Waals surface area contributed by atoms with E-state index in [1.165, 1.54) is 18.3 Å². The lowest BCUT2D eigenvalue weighted by atomic mass is 10.2. The summed E-state index contributed by atoms with van der Waals surface area (Å²) in [6.07, 6.45) is 0.674. The Kier molecular flexibility index (Phi) is 4.64. The minimum absolute atomic E-state index is 0.0514. The van der Waals surface area contributed by atoms with Gasteiger partial charge in [-0.05, 0) is 19.4 Å². The van der Waals surface area contributed by atoms with Crippen LogP contribution in [-0.4, -0.2) is 29.4 Å². The van der Waals surface area contributed by atoms with Gasteiger partial charge in [0.05, 0.1) is 17.5 Å². The van der Waals surface area contributed by atoms with Crippen molar-refractivity contribution in [1.29, 1.82) is 0 Å². The molecule has 16 heavy (non-hydrogen) atoms. The Hall–Kier alpha value is -1.20. The number of hydrogen-bond donors (Lipinski definition) is 2. The second-order valence-corrected chi connectivity index (χ2v) is 4.43. The molecule has 0 spiro atoms. The molecule has 0 aromatic carbocycles. The van der Waals surface area contributed by atoms with Crippen molar-refractivity contribution in [3.05, 3.63) is 21.9 Å². The molecule has 1 aromatic rings. The summed E-state index contributed by atoms with van der Waals surface area (Å²) in [6, 6.07) is 1.35. The molecule has 88 valence electrons. The van der Waals surface area contributed by atoms with Crippen molar-refractivity contribution in [3.63, 3.8) is 0 Å². The Balaban J connectivity index is 2.69. The van der Waals surface area contributed by atoms with Crippen molar-refractivity contribution in [3.8, 4) is 0 Å². The molecular weight excluding hydrogens is 226 g/mol. The van der Waals surface area contributed by atoms with Crippen LogP contribution in [0, 0.1) is 0 Å². The van der Waals surface area contributed by atoms with E-state index in [-0.39, 0.29) is 24.3 Å². The summed E-state index contributed by atoms with van der Waals surface area (Å²) in [5.41, 5.74) is 0.548. The lowest BCUT2D eigenvalue weighted by Gasteiger charge is -2.12. The van der Waals surface area contributed by atoms with E-state index in [1.54, 1.807) is 11.4 Å². The van der Waals surface area contributed by atoms with Crippen molar-refractivity contribution >= 4 is 23.0 Å². The standard InChI is InChI=1S/C11H15NO3S/c1-3-9(5-13)12-11(15)10-4-8(6-16-10)7(2)14/h4,6,9,13H,3,5H2,1-2H3,(H,12,15)/t9-/m0/s1. The lowest BCUT2D eigenvalue weighted by Crippen LogP contribution is -2.36. The Bertz CT molecular complexity index is 382. The van der Waals surface area contributed by atoms with Crippen LogP contribution in [0.25, 0.3) is 0 Å². The predicted octanol–water partition coefficient (Wildman–Crippen LogP) is 1.45. The third kappa shape index (κ3) is 3.15. The van der Waals surface area contributed by atoms with Gasteiger partial charge in [0.25, 0.3) is 5.91 Å². The largest absolute Gasteiger partial charge is 0.394 e. The quantitative estimate of drug-likeness (QED) is 0.767. The monoisotopic (exact) mass is 241 g/mol. The molecule has 1 atom stereocenters. The van der Waals surface area contributed by atoms with Crippen LogP contribution >= 0.6 is 11.3 Å². The van der Waals surface area contributed by atoms with Gasteiger partial charge in [0, 0.05) is 10.9 Å². The molecule has 0 radical (unpaired) electrons. The van der Waals surface area contributed by atoms with Gasteiger partial charge in [0.1, 0.15) is 0 Å². The van der Waals surface area contributed by atoms with Crippen LogP contribution in [0.2, 0.25) is 0 Å². The molecule has 1 heterocycles. The van der Waals surface area contributed by atoms with Gasteiger partial charge in [0.15, 0.2) is 5.78 Å². The molecule has 0 bridgehead atoms. The zero-order chi connectivity index (χ0) is 12.1. The van der Waals surface area contributed by atoms with E-state index in [0.29, 0.717) is 16.9 Å². The number of amides is 1. The number of nitrogens with one attached hydrogen (secondary N) is 1. The summed E-state index contributed by atoms with van der Waals surface area (Å²) < 4.78 is 0. The Morgan fingerprint density at radius 1 is 1.56 bits per heavy atom. The van der Waals surface area contributed by atoms with Gasteiger partial charge in [0.2, 0.25) is 0 Å². The predicted molar refractivity (Wildman–Crippen MR) is 63.0 cm³/mol. The summed E-state index contributed by atoms with van der Waals surface area (Å²) in [7, 11) is 0. The highest BCUT2D eigenvalue weighted by atomic mass is 32.1. The van der Waals surface area contributed by atoms with Gasteiger partial charge in [-0.15, -0.1) is 11.3 Å². The van der Waals surface area contributed by atoms with Gasteiger partial charge in [-0.25, -0.2) is 0 Å². The minimum Gasteiger partial charge on any atom is -0.394 e. The number of carbonyl (C=O) groups is 2. The van der Waals surface area contributed by atoms with Crippen LogP contribution < -0.4 is 5.32 Å². The van der Waals surface area contributed by atoms with Gasteiger partial charge in [-0.1, -0.05) is 6.92 Å². The Labute approximate surface area is 98.3 Å². The normalized spacial score (nSPS) is 12.2. The second kappa shape index (κ2) is 5.77. The van der Waals surface area contributed by atoms with Crippen molar-refractivity contribution in [2.45, 2.75) is 26.3 Å². The number of thiophene rings is 1. The van der Waals surface area contributed by atoms with Crippen LogP contribution in [0.15, 0.2) is 11.4 Å². The first-order valence-electron chi connectivity index (χ1n) is 5.09. The van der Waals surface area contributed by atoms with E-state index in [2.05, 4.69) is 5.32 Å². The smallest absolute Gasteiger partial charge is 0.261 e. The van der Waals surface area contributed by atoms with E-state index in [0.717, 1.165) is 0 Å². The highest BCUT2D eigenvalue weighted by Crippen LogP contribution is 2.15. The first-order chi connectivity index (χ1) is 7.58. The molecule has 0 aliphatic heterocycles. The number of carbonyl (C=O) groups excluding carboxylic acids is 2. The number of aliphatic hydroxyl groups is 1. The fraction of sp³-hybridized carbons (Fsp3) is 0.455. The molecule has 4 nitrogen and oxygen atoms in total. The van der Waals surface area contributed by atoms with Crippen LogP contribution in [0.5, 0.6) is 0 Å². The minimum atomic E-state index is -0.238. The van der Waals surface area contributed by atoms with Crippen molar-refractivity contribution in [2.24, 2.45) is 0 Å². The summed E-state index contributed by atoms with van der Waals surface area (Å²) in [4.78, 5) is 23.2. The SMILES string of the molecule is CC[C@@H](CO)NC(=O)c1cc(C(C)=O)cs1. The maximum atomic E-state index is 11.7. The van der Waals surface area contributed by atoms with Crippen molar-refractivity contribution in [1.82, 2.24) is 5.32 Å². The van der Waals surface area contributed by atoms with Crippen LogP contribution in [0.4, 0.5) is 0 Å². The molecular formula is C11H15NO3S. The summed E-state index contributed by atoms with van der Waals surface area (Å²) in [5.74, 6) is -0.289. The van der Waals surface area contributed by atoms with Crippen LogP contribution in [0.3, 0.4) is 0 Å². The van der Waals surface area contributed by atoms with Crippen LogP contribution in [-0.2, 0) is 0 Å². The molecule has 0 aliphatic carbocycles. The van der Waals surface area contributed by atoms with Crippen LogP contribution in [0.1, 0.15) is 40.3 Å². The first kappa shape index (κ1) is 12.9. The molecule has 0 unspecified atom stereocenters. The number of ketones is 1. The summed E-state index contributed by atoms with van der Waals surface area (Å²) in [6.45, 7) is 3.27. The third-order valence-electron chi connectivity index (χ3n) is 2.28. The van der Waals surface area contributed by atoms with E-state index in [4.69, 9.17) is 5.11 Å². The van der Waals surface area contributed by atoms with Gasteiger partial charge in [-0.3, -0.25) is 9.59 Å². The van der Waals surface area contributed by atoms with E-state index < -0.39 is 0 Å². The fourth-order valence-electron chi connectivity index (χ4n) is 1.17. The maximum absolute atomic E-state index is 11.7. The van der Waals surface area contributed by atoms with Gasteiger partial charge >= 0.3 is 0 Å². The van der Waals surface area contributed by atoms with E-state index in [9.17, 15) is 9.59 Å². The molecule has 1 amide bonds. The number of hydrogen-bond acceptors (Lipinski definition) is 4. The molecule has 2 N–H and O–H groups in total. The molecule has 0 aliphatic rings. The topological polar surface area (TPSA) is 66.4 Å². The van der Waals surface area contributed by atoms with Gasteiger partial charge < -0.3 is 10.4 Å². The van der Waals surface area contributed by atoms with E-state index >= 15 is 0 Å². The number of Topliss-reactive ketones (excluding diaryl/α,β-unsaturated/α-hetero) is 1. The summed E-state index contributed by atoms with van der Waals surface area (Å²) in [5, 5.41) is 13.3. The van der Waals surface area contributed by atoms with E-state index in [1.807, 2.05) is 6.92 Å². The highest BCUT2D eigenvalue weighted by Gasteiger charge is 2.14. The summed E-state index contributed by atoms with van der Waals surface area (Å²) >= 11 is 1.23. The molecule has 1 rings (SSSR count). The Morgan fingerprint density at radius 2 is 2.25 bits per heavy atom. The third-order valence-corrected chi connectivity index (χ3v) is 3.21. The maximum Gasteiger partial charge on any atom is 0.261 e. The Morgan fingerprint density at radius 3 is 2.69 bits per heavy atom. The first-order valence-corrected chi connectivity index (χ1v) is 5.97. The fourth-order valence-corrected chi connectivity index (χ4v) is 2.02. The lowest BCUT2D eigenvalue weighted by molar-refractivity contribution is 0.0919. The second-order valence-electron chi connectivity index (χ2n) is 3.52. The molecule has 0 fully saturated rings. The zero-order valence-corrected chi connectivity index (χ0v) is 10.1.